The van der Waals surface area contributed by atoms with Gasteiger partial charge in [-0.05, 0) is 58.1 Å². The number of benzene rings is 1. The maximum Gasteiger partial charge on any atom is 0.255 e. The van der Waals surface area contributed by atoms with Crippen LogP contribution >= 0.6 is 0 Å². The van der Waals surface area contributed by atoms with Crippen molar-refractivity contribution in [1.82, 2.24) is 25.2 Å². The van der Waals surface area contributed by atoms with Gasteiger partial charge in [-0.25, -0.2) is 9.97 Å². The quantitative estimate of drug-likeness (QED) is 0.582. The Balaban J connectivity index is 1.47. The SMILES string of the molecule is CC(=O)N1C[C@@H](NC(=O)c2c(C)[nH]c3c(-c4cc(C)ccc4OCC4CC4)ncnc23)C[C@H]1C. The predicted molar refractivity (Wildman–Crippen MR) is 130 cm³/mol. The van der Waals surface area contributed by atoms with Gasteiger partial charge < -0.3 is 19.9 Å². The van der Waals surface area contributed by atoms with Crippen molar-refractivity contribution in [2.75, 3.05) is 13.2 Å². The standard InChI is InChI=1S/C26H31N5O3/c1-14-5-8-21(34-12-18-6-7-18)20(9-14)23-25-24(28-13-27-23)22(16(3)29-25)26(33)30-19-10-15(2)31(11-19)17(4)32/h5,8-9,13,15,18-19,29H,6-7,10-12H2,1-4H3,(H,30,33)/t15-,19+/m1/s1. The van der Waals surface area contributed by atoms with Gasteiger partial charge in [0.1, 0.15) is 23.3 Å². The first kappa shape index (κ1) is 22.4. The summed E-state index contributed by atoms with van der Waals surface area (Å²) in [6.45, 7) is 8.72. The number of H-pyrrole nitrogens is 1. The van der Waals surface area contributed by atoms with Crippen LogP contribution in [-0.4, -0.2) is 56.9 Å². The average Bonchev–Trinajstić information content (AvgIpc) is 3.45. The van der Waals surface area contributed by atoms with Gasteiger partial charge in [0.05, 0.1) is 17.7 Å². The lowest BCUT2D eigenvalue weighted by Crippen LogP contribution is -2.38. The Morgan fingerprint density at radius 2 is 2.03 bits per heavy atom. The van der Waals surface area contributed by atoms with E-state index in [1.807, 2.05) is 32.9 Å². The Labute approximate surface area is 199 Å². The molecular formula is C26H31N5O3. The Kier molecular flexibility index (Phi) is 5.75. The van der Waals surface area contributed by atoms with Crippen molar-refractivity contribution in [3.63, 3.8) is 0 Å². The molecule has 0 spiro atoms. The topological polar surface area (TPSA) is 100 Å². The first-order valence-corrected chi connectivity index (χ1v) is 12.0. The van der Waals surface area contributed by atoms with Crippen LogP contribution in [0.25, 0.3) is 22.3 Å². The summed E-state index contributed by atoms with van der Waals surface area (Å²) in [6, 6.07) is 6.12. The number of aromatic nitrogens is 3. The van der Waals surface area contributed by atoms with Crippen LogP contribution in [-0.2, 0) is 4.79 Å². The molecule has 1 aliphatic heterocycles. The van der Waals surface area contributed by atoms with Crippen LogP contribution in [0.2, 0.25) is 0 Å². The minimum atomic E-state index is -0.189. The third kappa shape index (κ3) is 4.24. The molecule has 0 bridgehead atoms. The highest BCUT2D eigenvalue weighted by Crippen LogP contribution is 2.37. The number of carbonyl (C=O) groups is 2. The highest BCUT2D eigenvalue weighted by molar-refractivity contribution is 6.09. The number of carbonyl (C=O) groups excluding carboxylic acids is 2. The molecule has 5 rings (SSSR count). The number of aromatic amines is 1. The molecule has 2 aliphatic rings. The summed E-state index contributed by atoms with van der Waals surface area (Å²) < 4.78 is 6.15. The smallest absolute Gasteiger partial charge is 0.255 e. The van der Waals surface area contributed by atoms with E-state index in [-0.39, 0.29) is 23.9 Å². The second kappa shape index (κ2) is 8.74. The summed E-state index contributed by atoms with van der Waals surface area (Å²) in [4.78, 5) is 39.4. The number of aryl methyl sites for hydroxylation is 2. The largest absolute Gasteiger partial charge is 0.493 e. The van der Waals surface area contributed by atoms with Crippen LogP contribution in [0.1, 0.15) is 54.7 Å². The lowest BCUT2D eigenvalue weighted by Gasteiger charge is -2.18. The number of amides is 2. The third-order valence-corrected chi connectivity index (χ3v) is 6.87. The van der Waals surface area contributed by atoms with E-state index in [9.17, 15) is 9.59 Å². The van der Waals surface area contributed by atoms with Crippen molar-refractivity contribution >= 4 is 22.8 Å². The number of rotatable bonds is 6. The molecule has 0 unspecified atom stereocenters. The van der Waals surface area contributed by atoms with Gasteiger partial charge in [-0.2, -0.15) is 0 Å². The fraction of sp³-hybridized carbons (Fsp3) is 0.462. The third-order valence-electron chi connectivity index (χ3n) is 6.87. The molecule has 2 N–H and O–H groups in total. The lowest BCUT2D eigenvalue weighted by molar-refractivity contribution is -0.129. The summed E-state index contributed by atoms with van der Waals surface area (Å²) in [6.07, 6.45) is 4.68. The molecule has 1 saturated carbocycles. The van der Waals surface area contributed by atoms with Gasteiger partial charge in [-0.1, -0.05) is 11.6 Å². The normalized spacial score (nSPS) is 20.1. The molecule has 8 nitrogen and oxygen atoms in total. The predicted octanol–water partition coefficient (Wildman–Crippen LogP) is 3.77. The van der Waals surface area contributed by atoms with E-state index in [1.165, 1.54) is 19.2 Å². The Morgan fingerprint density at radius 1 is 1.24 bits per heavy atom. The Hall–Kier alpha value is -3.42. The molecule has 3 aromatic rings. The molecule has 0 radical (unpaired) electrons. The fourth-order valence-electron chi connectivity index (χ4n) is 4.88. The van der Waals surface area contributed by atoms with E-state index >= 15 is 0 Å². The lowest BCUT2D eigenvalue weighted by atomic mass is 10.1. The van der Waals surface area contributed by atoms with Crippen molar-refractivity contribution in [3.8, 4) is 17.0 Å². The van der Waals surface area contributed by atoms with Crippen LogP contribution in [0.5, 0.6) is 5.75 Å². The van der Waals surface area contributed by atoms with Crippen molar-refractivity contribution in [2.45, 2.75) is 59.0 Å². The van der Waals surface area contributed by atoms with E-state index in [2.05, 4.69) is 26.3 Å². The second-order valence-corrected chi connectivity index (χ2v) is 9.75. The number of hydrogen-bond donors (Lipinski definition) is 2. The molecule has 1 aliphatic carbocycles. The number of nitrogens with one attached hydrogen (secondary N) is 2. The molecule has 2 fully saturated rings. The van der Waals surface area contributed by atoms with Gasteiger partial charge in [0.2, 0.25) is 5.91 Å². The molecule has 1 aromatic carbocycles. The molecule has 2 atom stereocenters. The molecule has 2 amide bonds. The van der Waals surface area contributed by atoms with Crippen LogP contribution < -0.4 is 10.1 Å². The molecule has 2 aromatic heterocycles. The van der Waals surface area contributed by atoms with E-state index in [0.717, 1.165) is 40.2 Å². The molecular weight excluding hydrogens is 430 g/mol. The van der Waals surface area contributed by atoms with Crippen LogP contribution in [0, 0.1) is 19.8 Å². The van der Waals surface area contributed by atoms with Crippen LogP contribution in [0.4, 0.5) is 0 Å². The van der Waals surface area contributed by atoms with Crippen molar-refractivity contribution < 1.29 is 14.3 Å². The molecule has 3 heterocycles. The van der Waals surface area contributed by atoms with Gasteiger partial charge in [-0.3, -0.25) is 9.59 Å². The fourth-order valence-corrected chi connectivity index (χ4v) is 4.88. The first-order valence-electron chi connectivity index (χ1n) is 12.0. The first-order chi connectivity index (χ1) is 16.3. The second-order valence-electron chi connectivity index (χ2n) is 9.75. The molecule has 34 heavy (non-hydrogen) atoms. The van der Waals surface area contributed by atoms with Crippen molar-refractivity contribution in [3.05, 3.63) is 41.3 Å². The minimum Gasteiger partial charge on any atom is -0.493 e. The van der Waals surface area contributed by atoms with Gasteiger partial charge in [0.15, 0.2) is 0 Å². The maximum absolute atomic E-state index is 13.3. The number of fused-ring (bicyclic) bond motifs is 1. The van der Waals surface area contributed by atoms with Gasteiger partial charge in [-0.15, -0.1) is 0 Å². The van der Waals surface area contributed by atoms with E-state index in [4.69, 9.17) is 4.74 Å². The average molecular weight is 462 g/mol. The summed E-state index contributed by atoms with van der Waals surface area (Å²) in [5, 5.41) is 3.11. The highest BCUT2D eigenvalue weighted by atomic mass is 16.5. The maximum atomic E-state index is 13.3. The zero-order chi connectivity index (χ0) is 24.0. The molecule has 1 saturated heterocycles. The van der Waals surface area contributed by atoms with E-state index < -0.39 is 0 Å². The van der Waals surface area contributed by atoms with E-state index in [0.29, 0.717) is 30.1 Å². The zero-order valence-corrected chi connectivity index (χ0v) is 20.1. The summed E-state index contributed by atoms with van der Waals surface area (Å²) >= 11 is 0. The minimum absolute atomic E-state index is 0.0303. The summed E-state index contributed by atoms with van der Waals surface area (Å²) in [7, 11) is 0. The monoisotopic (exact) mass is 461 g/mol. The van der Waals surface area contributed by atoms with Crippen LogP contribution in [0.3, 0.4) is 0 Å². The summed E-state index contributed by atoms with van der Waals surface area (Å²) in [5.41, 5.74) is 5.27. The Bertz CT molecular complexity index is 1260. The van der Waals surface area contributed by atoms with Crippen molar-refractivity contribution in [2.24, 2.45) is 5.92 Å². The highest BCUT2D eigenvalue weighted by Gasteiger charge is 2.33. The Morgan fingerprint density at radius 3 is 2.74 bits per heavy atom. The van der Waals surface area contributed by atoms with Crippen molar-refractivity contribution in [1.29, 1.82) is 0 Å². The van der Waals surface area contributed by atoms with Crippen LogP contribution in [0.15, 0.2) is 24.5 Å². The molecule has 8 heteroatoms. The number of hydrogen-bond acceptors (Lipinski definition) is 5. The van der Waals surface area contributed by atoms with Gasteiger partial charge in [0, 0.05) is 36.8 Å². The van der Waals surface area contributed by atoms with E-state index in [1.54, 1.807) is 11.8 Å². The van der Waals surface area contributed by atoms with Gasteiger partial charge >= 0.3 is 0 Å². The number of ether oxygens (including phenoxy) is 1. The summed E-state index contributed by atoms with van der Waals surface area (Å²) in [5.74, 6) is 1.27. The number of nitrogens with zero attached hydrogens (tertiary/aromatic N) is 3. The molecule has 178 valence electrons. The number of likely N-dealkylation sites (tertiary alicyclic amines) is 1. The zero-order valence-electron chi connectivity index (χ0n) is 20.1. The van der Waals surface area contributed by atoms with Gasteiger partial charge in [0.25, 0.3) is 5.91 Å².